The van der Waals surface area contributed by atoms with E-state index >= 15 is 4.39 Å². The molecule has 1 saturated carbocycles. The van der Waals surface area contributed by atoms with Crippen molar-refractivity contribution in [3.63, 3.8) is 0 Å². The second kappa shape index (κ2) is 12.1. The molecule has 5 rings (SSSR count). The van der Waals surface area contributed by atoms with Crippen LogP contribution in [0.15, 0.2) is 35.3 Å². The van der Waals surface area contributed by atoms with Crippen molar-refractivity contribution in [3.8, 4) is 5.75 Å². The van der Waals surface area contributed by atoms with Gasteiger partial charge in [-0.15, -0.1) is 0 Å². The van der Waals surface area contributed by atoms with Crippen molar-refractivity contribution in [2.45, 2.75) is 43.2 Å². The number of benzene rings is 2. The van der Waals surface area contributed by atoms with Crippen LogP contribution in [0, 0.1) is 5.82 Å². The first-order chi connectivity index (χ1) is 21.0. The minimum Gasteiger partial charge on any atom is -0.477 e. The number of rotatable bonds is 9. The highest BCUT2D eigenvalue weighted by atomic mass is 35.5. The first kappa shape index (κ1) is 32.9. The lowest BCUT2D eigenvalue weighted by molar-refractivity contribution is 0.0694. The molecule has 242 valence electrons. The van der Waals surface area contributed by atoms with E-state index in [1.807, 2.05) is 0 Å². The summed E-state index contributed by atoms with van der Waals surface area (Å²) in [6.07, 6.45) is 1.82. The molecule has 1 aromatic heterocycles. The summed E-state index contributed by atoms with van der Waals surface area (Å²) < 4.78 is 46.2. The molecule has 0 radical (unpaired) electrons. The van der Waals surface area contributed by atoms with Gasteiger partial charge < -0.3 is 45.0 Å². The number of carbonyl (C=O) groups is 2. The van der Waals surface area contributed by atoms with Gasteiger partial charge in [0.25, 0.3) is 0 Å². The van der Waals surface area contributed by atoms with Crippen LogP contribution in [-0.4, -0.2) is 67.6 Å². The van der Waals surface area contributed by atoms with Crippen LogP contribution in [0.5, 0.6) is 5.75 Å². The summed E-state index contributed by atoms with van der Waals surface area (Å²) in [6.45, 7) is 1.25. The van der Waals surface area contributed by atoms with Gasteiger partial charge in [0, 0.05) is 32.0 Å². The lowest BCUT2D eigenvalue weighted by Crippen LogP contribution is -2.39. The number of aromatic carboxylic acids is 1. The van der Waals surface area contributed by atoms with Gasteiger partial charge in [-0.05, 0) is 43.4 Å². The van der Waals surface area contributed by atoms with E-state index in [4.69, 9.17) is 22.1 Å². The van der Waals surface area contributed by atoms with Gasteiger partial charge in [0.1, 0.15) is 16.7 Å². The molecule has 1 saturated heterocycles. The number of hydrogen-bond donors (Lipinski definition) is 6. The maximum atomic E-state index is 15.7. The molecule has 3 unspecified atom stereocenters. The normalized spacial score (nSPS) is 18.9. The van der Waals surface area contributed by atoms with Gasteiger partial charge in [-0.2, -0.15) is 0 Å². The number of anilines is 2. The van der Waals surface area contributed by atoms with E-state index in [1.54, 1.807) is 9.47 Å². The van der Waals surface area contributed by atoms with Gasteiger partial charge in [-0.3, -0.25) is 13.9 Å². The Morgan fingerprint density at radius 3 is 2.38 bits per heavy atom. The Morgan fingerprint density at radius 1 is 1.18 bits per heavy atom. The van der Waals surface area contributed by atoms with Crippen molar-refractivity contribution in [2.24, 2.45) is 0 Å². The van der Waals surface area contributed by atoms with Crippen molar-refractivity contribution in [3.05, 3.63) is 62.7 Å². The topological polar surface area (TPSA) is 222 Å². The standard InChI is InChI=1S/C27H30ClFN4O10P2/c1-44(38,39)18(45(40,41)42)10-13-2-6-16(7-3-13)43-27(37)31-14-8-9-32(11-14)24-20(28)23-19(22(30)21(24)29)25(34)17(26(35)36)12-33(23)15-4-5-15/h2-3,6-7,12,14-15,18H,4-5,8-11,30H2,1H3,(H,31,37)(H,35,36)(H,38,39)(H2,40,41,42). The highest BCUT2D eigenvalue weighted by Crippen LogP contribution is 2.61. The van der Waals surface area contributed by atoms with Crippen LogP contribution in [0.25, 0.3) is 10.9 Å². The zero-order valence-corrected chi connectivity index (χ0v) is 26.3. The zero-order valence-electron chi connectivity index (χ0n) is 23.7. The Balaban J connectivity index is 1.30. The Kier molecular flexibility index (Phi) is 8.82. The largest absolute Gasteiger partial charge is 0.477 e. The van der Waals surface area contributed by atoms with Crippen molar-refractivity contribution in [2.75, 3.05) is 30.4 Å². The molecular formula is C27H30ClFN4O10P2. The Labute approximate surface area is 260 Å². The molecule has 1 aliphatic heterocycles. The molecule has 3 aromatic rings. The second-order valence-corrected chi connectivity index (χ2v) is 16.4. The van der Waals surface area contributed by atoms with E-state index in [0.29, 0.717) is 12.0 Å². The Bertz CT molecular complexity index is 1830. The number of hydrogen-bond acceptors (Lipinski definition) is 8. The summed E-state index contributed by atoms with van der Waals surface area (Å²) in [7, 11) is -8.98. The molecule has 2 heterocycles. The molecule has 2 fully saturated rings. The maximum absolute atomic E-state index is 15.7. The predicted molar refractivity (Wildman–Crippen MR) is 164 cm³/mol. The van der Waals surface area contributed by atoms with Crippen LogP contribution in [0.3, 0.4) is 0 Å². The number of carboxylic acids is 1. The van der Waals surface area contributed by atoms with Crippen LogP contribution in [0.2, 0.25) is 5.02 Å². The minimum absolute atomic E-state index is 0.0695. The fourth-order valence-electron chi connectivity index (χ4n) is 5.48. The van der Waals surface area contributed by atoms with Crippen molar-refractivity contribution < 1.29 is 47.6 Å². The fourth-order valence-corrected chi connectivity index (χ4v) is 9.10. The molecule has 2 aromatic carbocycles. The fraction of sp³-hybridized carbons (Fsp3) is 0.370. The Morgan fingerprint density at radius 2 is 1.82 bits per heavy atom. The van der Waals surface area contributed by atoms with Gasteiger partial charge in [0.15, 0.2) is 5.82 Å². The number of pyridine rings is 1. The lowest BCUT2D eigenvalue weighted by Gasteiger charge is -2.24. The van der Waals surface area contributed by atoms with Crippen LogP contribution >= 0.6 is 26.6 Å². The SMILES string of the molecule is CP(=O)(O)C(Cc1ccc(OC(=O)NC2CCN(c3c(F)c(N)c4c(=O)c(C(=O)O)cn(C5CC5)c4c3Cl)C2)cc1)P(=O)(O)O. The molecular weight excluding hydrogens is 657 g/mol. The molecule has 18 heteroatoms. The maximum Gasteiger partial charge on any atom is 0.412 e. The summed E-state index contributed by atoms with van der Waals surface area (Å²) in [5, 5.41) is 10.0. The van der Waals surface area contributed by atoms with E-state index in [-0.39, 0.29) is 52.9 Å². The van der Waals surface area contributed by atoms with Crippen molar-refractivity contribution in [1.29, 1.82) is 0 Å². The van der Waals surface area contributed by atoms with Crippen LogP contribution < -0.4 is 26.1 Å². The number of ether oxygens (including phenoxy) is 1. The first-order valence-corrected chi connectivity index (χ1v) is 18.0. The third-order valence-corrected chi connectivity index (χ3v) is 12.6. The average Bonchev–Trinajstić information content (AvgIpc) is 3.68. The number of carboxylic acid groups (broad SMARTS) is 1. The summed E-state index contributed by atoms with van der Waals surface area (Å²) >= 11 is 6.71. The van der Waals surface area contributed by atoms with Gasteiger partial charge in [-0.25, -0.2) is 14.0 Å². The van der Waals surface area contributed by atoms with Crippen molar-refractivity contribution in [1.82, 2.24) is 9.88 Å². The molecule has 0 bridgehead atoms. The number of nitrogens with two attached hydrogens (primary N) is 1. The molecule has 3 atom stereocenters. The number of nitrogens with one attached hydrogen (secondary N) is 1. The van der Waals surface area contributed by atoms with Crippen LogP contribution in [0.4, 0.5) is 20.6 Å². The average molecular weight is 687 g/mol. The third kappa shape index (κ3) is 6.74. The van der Waals surface area contributed by atoms with E-state index in [2.05, 4.69) is 5.32 Å². The summed E-state index contributed by atoms with van der Waals surface area (Å²) in [5.74, 6) is -2.34. The van der Waals surface area contributed by atoms with E-state index in [0.717, 1.165) is 19.5 Å². The van der Waals surface area contributed by atoms with E-state index in [9.17, 15) is 43.3 Å². The number of nitrogen functional groups attached to an aromatic ring is 1. The Hall–Kier alpha value is -3.45. The number of nitrogens with zero attached hydrogens (tertiary/aromatic N) is 2. The molecule has 45 heavy (non-hydrogen) atoms. The van der Waals surface area contributed by atoms with Crippen LogP contribution in [-0.2, 0) is 15.6 Å². The summed E-state index contributed by atoms with van der Waals surface area (Å²) in [5.41, 5.74) is 4.51. The van der Waals surface area contributed by atoms with E-state index in [1.165, 1.54) is 30.5 Å². The van der Waals surface area contributed by atoms with Gasteiger partial charge >= 0.3 is 19.7 Å². The number of halogens is 2. The molecule has 0 spiro atoms. The van der Waals surface area contributed by atoms with Gasteiger partial charge in [-0.1, -0.05) is 23.7 Å². The monoisotopic (exact) mass is 686 g/mol. The third-order valence-electron chi connectivity index (χ3n) is 7.85. The minimum atomic E-state index is -4.86. The highest BCUT2D eigenvalue weighted by Gasteiger charge is 2.40. The van der Waals surface area contributed by atoms with Gasteiger partial charge in [0.05, 0.1) is 33.3 Å². The van der Waals surface area contributed by atoms with Gasteiger partial charge in [0.2, 0.25) is 12.8 Å². The number of carbonyl (C=O) groups excluding carboxylic acids is 1. The number of aromatic nitrogens is 1. The number of fused-ring (bicyclic) bond motifs is 1. The molecule has 2 aliphatic rings. The smallest absolute Gasteiger partial charge is 0.412 e. The summed E-state index contributed by atoms with van der Waals surface area (Å²) in [4.78, 5) is 67.6. The first-order valence-electron chi connectivity index (χ1n) is 13.7. The quantitative estimate of drug-likeness (QED) is 0.140. The highest BCUT2D eigenvalue weighted by molar-refractivity contribution is 7.73. The molecule has 7 N–H and O–H groups in total. The molecule has 14 nitrogen and oxygen atoms in total. The van der Waals surface area contributed by atoms with Crippen LogP contribution in [0.1, 0.15) is 41.2 Å². The molecule has 1 amide bonds. The molecule has 1 aliphatic carbocycles. The predicted octanol–water partition coefficient (Wildman–Crippen LogP) is 3.72. The number of amides is 1. The lowest BCUT2D eigenvalue weighted by atomic mass is 10.1. The zero-order chi connectivity index (χ0) is 33.0. The second-order valence-electron chi connectivity index (χ2n) is 11.3. The summed E-state index contributed by atoms with van der Waals surface area (Å²) in [6, 6.07) is 4.94. The van der Waals surface area contributed by atoms with E-state index < -0.39 is 61.0 Å². The van der Waals surface area contributed by atoms with Crippen molar-refractivity contribution >= 4 is 60.9 Å².